The third-order valence-corrected chi connectivity index (χ3v) is 11.6. The fourth-order valence-electron chi connectivity index (χ4n) is 9.51. The Labute approximate surface area is 216 Å². The molecule has 8 atom stereocenters. The van der Waals surface area contributed by atoms with Gasteiger partial charge in [-0.1, -0.05) is 64.8 Å². The molecule has 198 valence electrons. The van der Waals surface area contributed by atoms with Crippen molar-refractivity contribution in [2.75, 3.05) is 0 Å². The van der Waals surface area contributed by atoms with Crippen LogP contribution in [0, 0.1) is 46.3 Å². The van der Waals surface area contributed by atoms with Gasteiger partial charge in [-0.05, 0) is 117 Å². The van der Waals surface area contributed by atoms with Crippen LogP contribution < -0.4 is 0 Å². The number of hydrogen-bond acceptors (Lipinski definition) is 2. The molecule has 0 radical (unpaired) electrons. The highest BCUT2D eigenvalue weighted by Crippen LogP contribution is 2.67. The average molecular weight is 483 g/mol. The first-order valence-corrected chi connectivity index (χ1v) is 15.2. The zero-order chi connectivity index (χ0) is 25.4. The number of hydrogen-bond donors (Lipinski definition) is 0. The van der Waals surface area contributed by atoms with Crippen molar-refractivity contribution in [1.82, 2.24) is 0 Å². The van der Waals surface area contributed by atoms with Gasteiger partial charge in [-0.2, -0.15) is 0 Å². The lowest BCUT2D eigenvalue weighted by Gasteiger charge is -2.58. The van der Waals surface area contributed by atoms with Gasteiger partial charge in [-0.3, -0.25) is 4.79 Å². The zero-order valence-corrected chi connectivity index (χ0v) is 24.0. The Morgan fingerprint density at radius 1 is 1.09 bits per heavy atom. The van der Waals surface area contributed by atoms with Gasteiger partial charge in [0.1, 0.15) is 6.10 Å². The van der Waals surface area contributed by atoms with E-state index >= 15 is 0 Å². The Kier molecular flexibility index (Phi) is 8.29. The first-order chi connectivity index (χ1) is 16.6. The maximum absolute atomic E-state index is 12.1. The van der Waals surface area contributed by atoms with Gasteiger partial charge in [0, 0.05) is 12.8 Å². The van der Waals surface area contributed by atoms with Crippen molar-refractivity contribution in [1.29, 1.82) is 0 Å². The highest BCUT2D eigenvalue weighted by Gasteiger charge is 2.59. The number of esters is 1. The van der Waals surface area contributed by atoms with E-state index in [1.807, 2.05) is 0 Å². The number of fused-ring (bicyclic) bond motifs is 5. The molecule has 0 spiro atoms. The highest BCUT2D eigenvalue weighted by molar-refractivity contribution is 5.69. The molecule has 0 N–H and O–H groups in total. The van der Waals surface area contributed by atoms with Gasteiger partial charge in [0.05, 0.1) is 0 Å². The van der Waals surface area contributed by atoms with Gasteiger partial charge in [-0.15, -0.1) is 0 Å². The summed E-state index contributed by atoms with van der Waals surface area (Å²) in [6, 6.07) is 0. The van der Waals surface area contributed by atoms with Crippen molar-refractivity contribution < 1.29 is 9.53 Å². The summed E-state index contributed by atoms with van der Waals surface area (Å²) in [7, 11) is 0. The van der Waals surface area contributed by atoms with E-state index in [9.17, 15) is 4.79 Å². The lowest BCUT2D eigenvalue weighted by molar-refractivity contribution is -0.151. The molecule has 2 heteroatoms. The number of carbonyl (C=O) groups excluding carboxylic acids is 1. The Bertz CT molecular complexity index is 821. The summed E-state index contributed by atoms with van der Waals surface area (Å²) < 4.78 is 5.87. The molecule has 3 saturated carbocycles. The van der Waals surface area contributed by atoms with Crippen molar-refractivity contribution in [3.63, 3.8) is 0 Å². The molecule has 35 heavy (non-hydrogen) atoms. The average Bonchev–Trinajstić information content (AvgIpc) is 3.17. The van der Waals surface area contributed by atoms with Crippen LogP contribution in [0.2, 0.25) is 0 Å². The zero-order valence-electron chi connectivity index (χ0n) is 24.0. The van der Waals surface area contributed by atoms with E-state index in [1.165, 1.54) is 51.4 Å². The lowest BCUT2D eigenvalue weighted by atomic mass is 9.47. The molecule has 2 nitrogen and oxygen atoms in total. The largest absolute Gasteiger partial charge is 0.462 e. The number of carbonyl (C=O) groups is 1. The number of ether oxygens (including phenoxy) is 1. The Morgan fingerprint density at radius 2 is 1.86 bits per heavy atom. The van der Waals surface area contributed by atoms with Gasteiger partial charge < -0.3 is 4.74 Å². The fraction of sp³-hybridized carbons (Fsp3) is 0.848. The van der Waals surface area contributed by atoms with Crippen LogP contribution in [-0.2, 0) is 9.53 Å². The summed E-state index contributed by atoms with van der Waals surface area (Å²) in [6.45, 7) is 16.8. The van der Waals surface area contributed by atoms with Crippen LogP contribution in [0.3, 0.4) is 0 Å². The van der Waals surface area contributed by atoms with Crippen LogP contribution >= 0.6 is 0 Å². The third kappa shape index (κ3) is 5.06. The standard InChI is InChI=1S/C33H54O2/c1-8-10-31(34)35-26-17-19-32(6)25(21-26)13-14-27-29-16-15-28(33(29,7)20-18-30(27)32)23(5)11-12-24(9-2)22(3)4/h9,13,22-23,26-30H,8,10-12,14-21H2,1-7H3/b24-9+/t23-,26+,27+,28-,29+,30+,32+,33-/m1/s1. The van der Waals surface area contributed by atoms with Gasteiger partial charge in [0.25, 0.3) is 0 Å². The Balaban J connectivity index is 1.44. The van der Waals surface area contributed by atoms with Gasteiger partial charge in [-0.25, -0.2) is 0 Å². The summed E-state index contributed by atoms with van der Waals surface area (Å²) in [4.78, 5) is 12.1. The van der Waals surface area contributed by atoms with Crippen molar-refractivity contribution in [2.45, 2.75) is 132 Å². The summed E-state index contributed by atoms with van der Waals surface area (Å²) >= 11 is 0. The molecule has 0 aromatic rings. The molecule has 0 saturated heterocycles. The number of allylic oxidation sites excluding steroid dienone is 3. The third-order valence-electron chi connectivity index (χ3n) is 11.6. The molecule has 4 aliphatic carbocycles. The molecule has 0 bridgehead atoms. The molecule has 4 aliphatic rings. The first-order valence-electron chi connectivity index (χ1n) is 15.2. The van der Waals surface area contributed by atoms with Crippen LogP contribution in [-0.4, -0.2) is 12.1 Å². The van der Waals surface area contributed by atoms with E-state index in [0.29, 0.717) is 23.2 Å². The lowest BCUT2D eigenvalue weighted by Crippen LogP contribution is -2.51. The van der Waals surface area contributed by atoms with Gasteiger partial charge >= 0.3 is 5.97 Å². The van der Waals surface area contributed by atoms with Crippen LogP contribution in [0.15, 0.2) is 23.3 Å². The minimum atomic E-state index is 0.00452. The molecular weight excluding hydrogens is 428 g/mol. The van der Waals surface area contributed by atoms with Gasteiger partial charge in [0.15, 0.2) is 0 Å². The van der Waals surface area contributed by atoms with Crippen molar-refractivity contribution in [2.24, 2.45) is 46.3 Å². The van der Waals surface area contributed by atoms with Crippen molar-refractivity contribution in [3.8, 4) is 0 Å². The molecule has 0 aromatic carbocycles. The maximum Gasteiger partial charge on any atom is 0.306 e. The van der Waals surface area contributed by atoms with Crippen molar-refractivity contribution >= 4 is 5.97 Å². The molecule has 3 fully saturated rings. The Morgan fingerprint density at radius 3 is 2.54 bits per heavy atom. The molecule has 4 rings (SSSR count). The highest BCUT2D eigenvalue weighted by atomic mass is 16.5. The van der Waals surface area contributed by atoms with E-state index in [0.717, 1.165) is 48.9 Å². The molecule has 0 aromatic heterocycles. The second-order valence-electron chi connectivity index (χ2n) is 13.6. The summed E-state index contributed by atoms with van der Waals surface area (Å²) in [5.41, 5.74) is 4.13. The van der Waals surface area contributed by atoms with E-state index in [-0.39, 0.29) is 12.1 Å². The quantitative estimate of drug-likeness (QED) is 0.254. The maximum atomic E-state index is 12.1. The normalized spacial score (nSPS) is 39.9. The predicted molar refractivity (Wildman–Crippen MR) is 147 cm³/mol. The van der Waals surface area contributed by atoms with Crippen molar-refractivity contribution in [3.05, 3.63) is 23.3 Å². The summed E-state index contributed by atoms with van der Waals surface area (Å²) in [6.07, 6.45) is 19.4. The monoisotopic (exact) mass is 482 g/mol. The fourth-order valence-corrected chi connectivity index (χ4v) is 9.51. The Hall–Kier alpha value is -1.05. The van der Waals surface area contributed by atoms with Crippen LogP contribution in [0.4, 0.5) is 0 Å². The van der Waals surface area contributed by atoms with E-state index in [4.69, 9.17) is 4.74 Å². The molecule has 0 amide bonds. The molecule has 0 heterocycles. The van der Waals surface area contributed by atoms with Crippen LogP contribution in [0.1, 0.15) is 126 Å². The van der Waals surface area contributed by atoms with E-state index in [1.54, 1.807) is 11.1 Å². The van der Waals surface area contributed by atoms with E-state index in [2.05, 4.69) is 60.6 Å². The predicted octanol–water partition coefficient (Wildman–Crippen LogP) is 9.30. The number of rotatable bonds is 8. The summed E-state index contributed by atoms with van der Waals surface area (Å²) in [5, 5.41) is 0. The minimum absolute atomic E-state index is 0.00452. The van der Waals surface area contributed by atoms with E-state index < -0.39 is 0 Å². The van der Waals surface area contributed by atoms with Crippen LogP contribution in [0.5, 0.6) is 0 Å². The minimum Gasteiger partial charge on any atom is -0.462 e. The summed E-state index contributed by atoms with van der Waals surface area (Å²) in [5.74, 6) is 5.00. The second-order valence-corrected chi connectivity index (χ2v) is 13.6. The topological polar surface area (TPSA) is 26.3 Å². The molecule has 0 aliphatic heterocycles. The molecular formula is C33H54O2. The second kappa shape index (κ2) is 10.7. The first kappa shape index (κ1) is 27.0. The van der Waals surface area contributed by atoms with Gasteiger partial charge in [0.2, 0.25) is 0 Å². The smallest absolute Gasteiger partial charge is 0.306 e. The SMILES string of the molecule is C/C=C(\CC[C@@H](C)[C@H]1CC[C@H]2[C@@H]3CC=C4C[C@@H](OC(=O)CCC)CC[C@]4(C)[C@H]3CC[C@]12C)C(C)C. The van der Waals surface area contributed by atoms with Crippen LogP contribution in [0.25, 0.3) is 0 Å². The molecule has 0 unspecified atom stereocenters.